The molecule has 1 amide bonds. The molecule has 3 rings (SSSR count). The fourth-order valence-electron chi connectivity index (χ4n) is 2.96. The van der Waals surface area contributed by atoms with Crippen molar-refractivity contribution in [2.45, 2.75) is 19.4 Å². The van der Waals surface area contributed by atoms with Gasteiger partial charge in [0.25, 0.3) is 0 Å². The molecule has 1 aromatic heterocycles. The van der Waals surface area contributed by atoms with E-state index in [0.29, 0.717) is 11.4 Å². The van der Waals surface area contributed by atoms with Crippen LogP contribution in [0, 0.1) is 6.92 Å². The first kappa shape index (κ1) is 19.2. The summed E-state index contributed by atoms with van der Waals surface area (Å²) in [5, 5.41) is 9.79. The first-order chi connectivity index (χ1) is 13.5. The van der Waals surface area contributed by atoms with Gasteiger partial charge < -0.3 is 14.3 Å². The summed E-state index contributed by atoms with van der Waals surface area (Å²) in [6, 6.07) is 17.3. The number of carbonyl (C=O) groups excluding carboxylic acids is 1. The molecule has 0 aliphatic rings. The van der Waals surface area contributed by atoms with Crippen molar-refractivity contribution in [2.75, 3.05) is 12.0 Å². The van der Waals surface area contributed by atoms with Crippen LogP contribution in [0.25, 0.3) is 11.3 Å². The van der Waals surface area contributed by atoms with Gasteiger partial charge in [0.15, 0.2) is 0 Å². The van der Waals surface area contributed by atoms with Crippen LogP contribution in [0.4, 0.5) is 10.5 Å². The van der Waals surface area contributed by atoms with E-state index in [1.165, 1.54) is 13.4 Å². The third-order valence-electron chi connectivity index (χ3n) is 4.44. The third kappa shape index (κ3) is 4.23. The van der Waals surface area contributed by atoms with Crippen LogP contribution in [0.1, 0.15) is 11.1 Å². The number of aliphatic carboxylic acids is 1. The monoisotopic (exact) mass is 379 g/mol. The smallest absolute Gasteiger partial charge is 0.414 e. The standard InChI is InChI=1S/C22H21NO5/c1-15-8-10-17(11-9-15)20-13-18(14-28-20)23(22(26)27-2)19(21(24)25)12-16-6-4-3-5-7-16/h3-11,13-14,19H,12H2,1-2H3,(H,24,25). The molecule has 2 aromatic carbocycles. The van der Waals surface area contributed by atoms with E-state index >= 15 is 0 Å². The Morgan fingerprint density at radius 3 is 2.39 bits per heavy atom. The number of ether oxygens (including phenoxy) is 1. The molecule has 0 aliphatic heterocycles. The fourth-order valence-corrected chi connectivity index (χ4v) is 2.96. The summed E-state index contributed by atoms with van der Waals surface area (Å²) in [5.41, 5.74) is 3.06. The molecule has 1 heterocycles. The zero-order chi connectivity index (χ0) is 20.1. The van der Waals surface area contributed by atoms with E-state index in [2.05, 4.69) is 0 Å². The number of rotatable bonds is 6. The highest BCUT2D eigenvalue weighted by atomic mass is 16.5. The maximum absolute atomic E-state index is 12.4. The number of aryl methyl sites for hydroxylation is 1. The zero-order valence-electron chi connectivity index (χ0n) is 15.7. The highest BCUT2D eigenvalue weighted by Gasteiger charge is 2.33. The first-order valence-corrected chi connectivity index (χ1v) is 8.79. The molecule has 0 fully saturated rings. The fraction of sp³-hybridized carbons (Fsp3) is 0.182. The van der Waals surface area contributed by atoms with Gasteiger partial charge in [-0.05, 0) is 12.5 Å². The second-order valence-corrected chi connectivity index (χ2v) is 6.42. The van der Waals surface area contributed by atoms with Crippen LogP contribution in [-0.2, 0) is 16.0 Å². The van der Waals surface area contributed by atoms with Gasteiger partial charge in [-0.15, -0.1) is 0 Å². The quantitative estimate of drug-likeness (QED) is 0.681. The van der Waals surface area contributed by atoms with Gasteiger partial charge in [-0.2, -0.15) is 0 Å². The van der Waals surface area contributed by atoms with Crippen LogP contribution < -0.4 is 4.90 Å². The number of furan rings is 1. The van der Waals surface area contributed by atoms with E-state index in [1.807, 2.05) is 61.5 Å². The second kappa shape index (κ2) is 8.43. The maximum atomic E-state index is 12.4. The van der Waals surface area contributed by atoms with Crippen LogP contribution in [0.5, 0.6) is 0 Å². The SMILES string of the molecule is COC(=O)N(c1coc(-c2ccc(C)cc2)c1)C(Cc1ccccc1)C(=O)O. The molecule has 0 saturated heterocycles. The topological polar surface area (TPSA) is 80.0 Å². The Kier molecular flexibility index (Phi) is 5.79. The Morgan fingerprint density at radius 1 is 1.11 bits per heavy atom. The summed E-state index contributed by atoms with van der Waals surface area (Å²) in [6.07, 6.45) is 0.739. The highest BCUT2D eigenvalue weighted by Crippen LogP contribution is 2.29. The average molecular weight is 379 g/mol. The molecule has 1 unspecified atom stereocenters. The van der Waals surface area contributed by atoms with Gasteiger partial charge in [-0.3, -0.25) is 4.90 Å². The van der Waals surface area contributed by atoms with Crippen LogP contribution in [0.3, 0.4) is 0 Å². The molecule has 0 saturated carbocycles. The lowest BCUT2D eigenvalue weighted by Crippen LogP contribution is -2.46. The molecule has 6 heteroatoms. The van der Waals surface area contributed by atoms with E-state index in [0.717, 1.165) is 21.6 Å². The number of nitrogens with zero attached hydrogens (tertiary/aromatic N) is 1. The molecule has 3 aromatic rings. The molecule has 28 heavy (non-hydrogen) atoms. The van der Waals surface area contributed by atoms with Crippen molar-refractivity contribution in [3.63, 3.8) is 0 Å². The first-order valence-electron chi connectivity index (χ1n) is 8.79. The number of hydrogen-bond acceptors (Lipinski definition) is 4. The van der Waals surface area contributed by atoms with E-state index in [9.17, 15) is 14.7 Å². The number of benzene rings is 2. The summed E-state index contributed by atoms with van der Waals surface area (Å²) in [7, 11) is 1.22. The van der Waals surface area contributed by atoms with Crippen LogP contribution in [-0.4, -0.2) is 30.3 Å². The minimum atomic E-state index is -1.14. The normalized spacial score (nSPS) is 11.6. The molecule has 6 nitrogen and oxygen atoms in total. The van der Waals surface area contributed by atoms with Gasteiger partial charge >= 0.3 is 12.1 Å². The summed E-state index contributed by atoms with van der Waals surface area (Å²) >= 11 is 0. The number of anilines is 1. The maximum Gasteiger partial charge on any atom is 0.414 e. The number of amides is 1. The van der Waals surface area contributed by atoms with Crippen molar-refractivity contribution in [2.24, 2.45) is 0 Å². The largest absolute Gasteiger partial charge is 0.480 e. The van der Waals surface area contributed by atoms with Crippen LogP contribution in [0.2, 0.25) is 0 Å². The summed E-state index contributed by atoms with van der Waals surface area (Å²) in [6.45, 7) is 1.98. The molecular formula is C22H21NO5. The van der Waals surface area contributed by atoms with Gasteiger partial charge in [0.2, 0.25) is 0 Å². The van der Waals surface area contributed by atoms with Crippen molar-refractivity contribution >= 4 is 17.7 Å². The van der Waals surface area contributed by atoms with E-state index in [4.69, 9.17) is 9.15 Å². The number of hydrogen-bond donors (Lipinski definition) is 1. The van der Waals surface area contributed by atoms with Gasteiger partial charge in [-0.25, -0.2) is 9.59 Å². The van der Waals surface area contributed by atoms with Gasteiger partial charge in [0, 0.05) is 18.1 Å². The Morgan fingerprint density at radius 2 is 1.79 bits per heavy atom. The lowest BCUT2D eigenvalue weighted by Gasteiger charge is -2.26. The van der Waals surface area contributed by atoms with Crippen LogP contribution in [0.15, 0.2) is 71.3 Å². The molecule has 0 spiro atoms. The highest BCUT2D eigenvalue weighted by molar-refractivity contribution is 5.95. The molecular weight excluding hydrogens is 358 g/mol. The second-order valence-electron chi connectivity index (χ2n) is 6.42. The van der Waals surface area contributed by atoms with Crippen molar-refractivity contribution in [3.05, 3.63) is 78.1 Å². The molecule has 0 radical (unpaired) electrons. The Balaban J connectivity index is 1.96. The van der Waals surface area contributed by atoms with Crippen molar-refractivity contribution in [1.82, 2.24) is 0 Å². The predicted molar refractivity (Wildman–Crippen MR) is 105 cm³/mol. The van der Waals surface area contributed by atoms with E-state index in [-0.39, 0.29) is 6.42 Å². The van der Waals surface area contributed by atoms with Crippen molar-refractivity contribution in [1.29, 1.82) is 0 Å². The Labute approximate surface area is 163 Å². The van der Waals surface area contributed by atoms with Crippen molar-refractivity contribution < 1.29 is 23.8 Å². The zero-order valence-corrected chi connectivity index (χ0v) is 15.7. The van der Waals surface area contributed by atoms with Gasteiger partial charge in [-0.1, -0.05) is 60.2 Å². The lowest BCUT2D eigenvalue weighted by atomic mass is 10.0. The third-order valence-corrected chi connectivity index (χ3v) is 4.44. The summed E-state index contributed by atoms with van der Waals surface area (Å²) in [4.78, 5) is 25.5. The van der Waals surface area contributed by atoms with Crippen molar-refractivity contribution in [3.8, 4) is 11.3 Å². The molecule has 1 N–H and O–H groups in total. The van der Waals surface area contributed by atoms with E-state index in [1.54, 1.807) is 6.07 Å². The minimum absolute atomic E-state index is 0.135. The molecule has 0 bridgehead atoms. The van der Waals surface area contributed by atoms with Gasteiger partial charge in [0.05, 0.1) is 12.8 Å². The lowest BCUT2D eigenvalue weighted by molar-refractivity contribution is -0.138. The average Bonchev–Trinajstić information content (AvgIpc) is 3.18. The molecule has 0 aliphatic carbocycles. The number of carbonyl (C=O) groups is 2. The summed E-state index contributed by atoms with van der Waals surface area (Å²) < 4.78 is 10.5. The number of carboxylic acid groups (broad SMARTS) is 1. The Hall–Kier alpha value is -3.54. The van der Waals surface area contributed by atoms with Gasteiger partial charge in [0.1, 0.15) is 18.1 Å². The molecule has 144 valence electrons. The Bertz CT molecular complexity index is 947. The molecule has 1 atom stereocenters. The number of carboxylic acids is 1. The van der Waals surface area contributed by atoms with E-state index < -0.39 is 18.1 Å². The number of methoxy groups -OCH3 is 1. The minimum Gasteiger partial charge on any atom is -0.480 e. The van der Waals surface area contributed by atoms with Crippen LogP contribution >= 0.6 is 0 Å². The predicted octanol–water partition coefficient (Wildman–Crippen LogP) is 4.52. The summed E-state index contributed by atoms with van der Waals surface area (Å²) in [5.74, 6) is -0.597.